The van der Waals surface area contributed by atoms with E-state index in [9.17, 15) is 20.1 Å². The molecule has 3 N–H and O–H groups in total. The normalized spacial score (nSPS) is 24.2. The molecule has 1 aliphatic rings. The molecule has 1 fully saturated rings. The van der Waals surface area contributed by atoms with Gasteiger partial charge in [0.2, 0.25) is 6.29 Å². The van der Waals surface area contributed by atoms with Gasteiger partial charge in [-0.2, -0.15) is 0 Å². The lowest BCUT2D eigenvalue weighted by atomic mass is 9.99. The first kappa shape index (κ1) is 26.5. The van der Waals surface area contributed by atoms with E-state index in [4.69, 9.17) is 23.7 Å². The predicted octanol–water partition coefficient (Wildman–Crippen LogP) is 2.40. The maximum atomic E-state index is 11.6. The highest BCUT2D eigenvalue weighted by molar-refractivity contribution is 5.71. The summed E-state index contributed by atoms with van der Waals surface area (Å²) in [6.45, 7) is 1.58. The van der Waals surface area contributed by atoms with Crippen molar-refractivity contribution in [3.63, 3.8) is 0 Å². The zero-order valence-electron chi connectivity index (χ0n) is 20.0. The van der Waals surface area contributed by atoms with Crippen LogP contribution in [0.5, 0.6) is 17.2 Å². The molecule has 9 nitrogen and oxygen atoms in total. The largest absolute Gasteiger partial charge is 0.497 e. The van der Waals surface area contributed by atoms with Gasteiger partial charge in [-0.15, -0.1) is 0 Å². The molecule has 1 aliphatic heterocycles. The molecular weight excluding hydrogens is 456 g/mol. The topological polar surface area (TPSA) is 124 Å². The third-order valence-electron chi connectivity index (χ3n) is 5.51. The molecule has 2 aromatic carbocycles. The molecule has 0 spiro atoms. The van der Waals surface area contributed by atoms with Crippen molar-refractivity contribution in [2.75, 3.05) is 20.8 Å². The summed E-state index contributed by atoms with van der Waals surface area (Å²) in [6, 6.07) is 12.6. The van der Waals surface area contributed by atoms with Crippen molar-refractivity contribution >= 4 is 18.1 Å². The third-order valence-corrected chi connectivity index (χ3v) is 5.51. The van der Waals surface area contributed by atoms with E-state index in [2.05, 4.69) is 0 Å². The molecule has 35 heavy (non-hydrogen) atoms. The highest BCUT2D eigenvalue weighted by atomic mass is 16.7. The number of aliphatic hydroxyl groups is 3. The van der Waals surface area contributed by atoms with Gasteiger partial charge >= 0.3 is 5.97 Å². The number of hydrogen-bond donors (Lipinski definition) is 3. The summed E-state index contributed by atoms with van der Waals surface area (Å²) in [6.07, 6.45) is -2.06. The Labute approximate surface area is 204 Å². The van der Waals surface area contributed by atoms with Gasteiger partial charge in [0.05, 0.1) is 14.2 Å². The minimum atomic E-state index is -1.52. The van der Waals surface area contributed by atoms with E-state index in [0.29, 0.717) is 23.7 Å². The lowest BCUT2D eigenvalue weighted by Gasteiger charge is -2.39. The molecule has 3 rings (SSSR count). The lowest BCUT2D eigenvalue weighted by molar-refractivity contribution is -0.278. The summed E-state index contributed by atoms with van der Waals surface area (Å²) in [5.74, 6) is 1.33. The number of rotatable bonds is 10. The average Bonchev–Trinajstić information content (AvgIpc) is 2.87. The summed E-state index contributed by atoms with van der Waals surface area (Å²) >= 11 is 0. The molecule has 1 saturated heterocycles. The quantitative estimate of drug-likeness (QED) is 0.342. The van der Waals surface area contributed by atoms with Crippen molar-refractivity contribution in [2.45, 2.75) is 50.5 Å². The second kappa shape index (κ2) is 12.6. The molecule has 0 bridgehead atoms. The number of benzene rings is 2. The molecule has 0 aromatic heterocycles. The van der Waals surface area contributed by atoms with Crippen molar-refractivity contribution in [1.29, 1.82) is 0 Å². The first-order valence-corrected chi connectivity index (χ1v) is 11.4. The van der Waals surface area contributed by atoms with E-state index in [1.165, 1.54) is 0 Å². The smallest absolute Gasteiger partial charge is 0.305 e. The van der Waals surface area contributed by atoms with Crippen LogP contribution >= 0.6 is 0 Å². The van der Waals surface area contributed by atoms with Gasteiger partial charge in [0.15, 0.2) is 0 Å². The number of ether oxygens (including phenoxy) is 5. The molecule has 9 heteroatoms. The third kappa shape index (κ3) is 7.19. The molecule has 2 aromatic rings. The highest BCUT2D eigenvalue weighted by Gasteiger charge is 2.45. The molecule has 0 radical (unpaired) electrons. The van der Waals surface area contributed by atoms with Crippen molar-refractivity contribution in [1.82, 2.24) is 0 Å². The Bertz CT molecular complexity index is 967. The standard InChI is InChI=1S/C26H32O9/c1-4-5-22(27)33-15-21-23(28)24(29)25(30)26(35-21)34-18-10-8-16(9-11-18)6-7-17-12-19(31-2)14-20(13-17)32-3/h6-14,21,23-26,28-30H,4-5,15H2,1-3H3/b7-6+/t21-,23-,24+,25-,26-/m0/s1. The van der Waals surface area contributed by atoms with Crippen LogP contribution in [0, 0.1) is 0 Å². The van der Waals surface area contributed by atoms with Crippen LogP contribution in [-0.4, -0.2) is 72.8 Å². The molecule has 0 amide bonds. The van der Waals surface area contributed by atoms with E-state index in [1.807, 2.05) is 43.3 Å². The zero-order valence-corrected chi connectivity index (χ0v) is 20.0. The molecule has 0 unspecified atom stereocenters. The van der Waals surface area contributed by atoms with Crippen molar-refractivity contribution in [3.8, 4) is 17.2 Å². The first-order chi connectivity index (χ1) is 16.8. The van der Waals surface area contributed by atoms with Crippen LogP contribution in [0.15, 0.2) is 42.5 Å². The summed E-state index contributed by atoms with van der Waals surface area (Å²) in [5.41, 5.74) is 1.79. The van der Waals surface area contributed by atoms with Crippen molar-refractivity contribution in [3.05, 3.63) is 53.6 Å². The zero-order chi connectivity index (χ0) is 25.4. The van der Waals surface area contributed by atoms with Crippen LogP contribution < -0.4 is 14.2 Å². The van der Waals surface area contributed by atoms with Gasteiger partial charge in [0.1, 0.15) is 48.3 Å². The number of carbonyl (C=O) groups excluding carboxylic acids is 1. The fourth-order valence-electron chi connectivity index (χ4n) is 3.51. The summed E-state index contributed by atoms with van der Waals surface area (Å²) < 4.78 is 27.0. The van der Waals surface area contributed by atoms with Gasteiger partial charge in [-0.05, 0) is 41.8 Å². The van der Waals surface area contributed by atoms with E-state index < -0.39 is 36.7 Å². The number of hydrogen-bond acceptors (Lipinski definition) is 9. The summed E-state index contributed by atoms with van der Waals surface area (Å²) in [7, 11) is 3.18. The van der Waals surface area contributed by atoms with E-state index >= 15 is 0 Å². The lowest BCUT2D eigenvalue weighted by Crippen LogP contribution is -2.60. The second-order valence-electron chi connectivity index (χ2n) is 8.11. The summed E-state index contributed by atoms with van der Waals surface area (Å²) in [4.78, 5) is 11.6. The SMILES string of the molecule is CCCC(=O)OC[C@@H]1O[C@H](Oc2ccc(/C=C/c3cc(OC)cc(OC)c3)cc2)[C@@H](O)[C@H](O)[C@H]1O. The Morgan fingerprint density at radius 1 is 0.886 bits per heavy atom. The maximum Gasteiger partial charge on any atom is 0.305 e. The monoisotopic (exact) mass is 488 g/mol. The van der Waals surface area contributed by atoms with E-state index in [0.717, 1.165) is 11.1 Å². The van der Waals surface area contributed by atoms with Crippen LogP contribution in [-0.2, 0) is 14.3 Å². The van der Waals surface area contributed by atoms with Gasteiger partial charge in [0, 0.05) is 12.5 Å². The fraction of sp³-hybridized carbons (Fsp3) is 0.423. The number of aliphatic hydroxyl groups excluding tert-OH is 3. The molecule has 0 aliphatic carbocycles. The Morgan fingerprint density at radius 2 is 1.51 bits per heavy atom. The molecular formula is C26H32O9. The van der Waals surface area contributed by atoms with Gasteiger partial charge in [-0.25, -0.2) is 0 Å². The van der Waals surface area contributed by atoms with Crippen molar-refractivity contribution in [2.24, 2.45) is 0 Å². The maximum absolute atomic E-state index is 11.6. The predicted molar refractivity (Wildman–Crippen MR) is 128 cm³/mol. The fourth-order valence-corrected chi connectivity index (χ4v) is 3.51. The Hall–Kier alpha value is -3.11. The van der Waals surface area contributed by atoms with Crippen LogP contribution in [0.3, 0.4) is 0 Å². The number of esters is 1. The van der Waals surface area contributed by atoms with Crippen LogP contribution in [0.25, 0.3) is 12.2 Å². The minimum absolute atomic E-state index is 0.236. The Balaban J connectivity index is 1.63. The van der Waals surface area contributed by atoms with Gasteiger partial charge in [0.25, 0.3) is 0 Å². The Morgan fingerprint density at radius 3 is 2.11 bits per heavy atom. The van der Waals surface area contributed by atoms with Crippen molar-refractivity contribution < 1.29 is 43.8 Å². The molecule has 1 heterocycles. The molecule has 190 valence electrons. The second-order valence-corrected chi connectivity index (χ2v) is 8.11. The Kier molecular flexibility index (Phi) is 9.50. The van der Waals surface area contributed by atoms with Crippen LogP contribution in [0.1, 0.15) is 30.9 Å². The van der Waals surface area contributed by atoms with E-state index in [1.54, 1.807) is 32.4 Å². The number of carbonyl (C=O) groups is 1. The molecule has 5 atom stereocenters. The van der Waals surface area contributed by atoms with Crippen LogP contribution in [0.4, 0.5) is 0 Å². The highest BCUT2D eigenvalue weighted by Crippen LogP contribution is 2.26. The van der Waals surface area contributed by atoms with E-state index in [-0.39, 0.29) is 13.0 Å². The summed E-state index contributed by atoms with van der Waals surface area (Å²) in [5, 5.41) is 30.7. The number of methoxy groups -OCH3 is 2. The van der Waals surface area contributed by atoms with Gasteiger partial charge in [-0.1, -0.05) is 31.2 Å². The van der Waals surface area contributed by atoms with Gasteiger partial charge in [-0.3, -0.25) is 4.79 Å². The molecule has 0 saturated carbocycles. The van der Waals surface area contributed by atoms with Gasteiger partial charge < -0.3 is 39.0 Å². The average molecular weight is 489 g/mol. The first-order valence-electron chi connectivity index (χ1n) is 11.4. The van der Waals surface area contributed by atoms with Crippen LogP contribution in [0.2, 0.25) is 0 Å². The minimum Gasteiger partial charge on any atom is -0.497 e.